The van der Waals surface area contributed by atoms with Crippen LogP contribution in [-0.4, -0.2) is 49.3 Å². The molecule has 0 aliphatic rings. The van der Waals surface area contributed by atoms with Crippen LogP contribution in [0, 0.1) is 0 Å². The zero-order chi connectivity index (χ0) is 54.5. The highest BCUT2D eigenvalue weighted by Gasteiger charge is 2.26. The van der Waals surface area contributed by atoms with Gasteiger partial charge in [0.25, 0.3) is 0 Å². The Kier molecular flexibility index (Phi) is 59.5. The lowest BCUT2D eigenvalue weighted by Gasteiger charge is -2.19. The molecule has 0 aliphatic carbocycles. The van der Waals surface area contributed by atoms with Gasteiger partial charge in [0.1, 0.15) is 6.61 Å². The molecular formula is C65H122NO8P. The molecule has 0 saturated carbocycles. The molecule has 0 aromatic rings. The second kappa shape index (κ2) is 61.2. The third kappa shape index (κ3) is 61.1. The standard InChI is InChI=1S/C65H122NO8P/c1-3-5-7-9-11-13-15-17-19-21-23-25-26-27-28-29-30-31-32-33-34-35-36-38-40-42-44-46-48-50-52-54-56-58-65(68)74-63(62-73-75(69,70)72-60-59-66)61-71-64(67)57-55-53-51-49-47-45-43-41-39-37-24-22-20-18-16-14-12-10-8-6-4-2/h15-18,21-24,63H,3-14,19-20,25-62,66H2,1-2H3,(H,69,70)/b17-15-,18-16-,23-21-,24-22-. The molecule has 2 atom stereocenters. The summed E-state index contributed by atoms with van der Waals surface area (Å²) in [6.45, 7) is 3.77. The molecule has 0 rings (SSSR count). The van der Waals surface area contributed by atoms with Gasteiger partial charge in [-0.15, -0.1) is 0 Å². The number of esters is 2. The smallest absolute Gasteiger partial charge is 0.462 e. The number of hydrogen-bond donors (Lipinski definition) is 2. The van der Waals surface area contributed by atoms with Crippen molar-refractivity contribution in [3.63, 3.8) is 0 Å². The third-order valence-corrected chi connectivity index (χ3v) is 15.2. The first kappa shape index (κ1) is 73.0. The van der Waals surface area contributed by atoms with Crippen LogP contribution >= 0.6 is 7.82 Å². The van der Waals surface area contributed by atoms with Gasteiger partial charge in [0.15, 0.2) is 6.10 Å². The van der Waals surface area contributed by atoms with Crippen molar-refractivity contribution < 1.29 is 37.6 Å². The number of hydrogen-bond acceptors (Lipinski definition) is 8. The average Bonchev–Trinajstić information content (AvgIpc) is 3.40. The van der Waals surface area contributed by atoms with Crippen molar-refractivity contribution in [2.45, 2.75) is 328 Å². The predicted octanol–water partition coefficient (Wildman–Crippen LogP) is 20.5. The van der Waals surface area contributed by atoms with Crippen LogP contribution in [0.2, 0.25) is 0 Å². The van der Waals surface area contributed by atoms with Gasteiger partial charge in [0.05, 0.1) is 13.2 Å². The van der Waals surface area contributed by atoms with Crippen LogP contribution in [0.1, 0.15) is 322 Å². The van der Waals surface area contributed by atoms with Crippen LogP contribution in [0.3, 0.4) is 0 Å². The van der Waals surface area contributed by atoms with E-state index in [9.17, 15) is 19.0 Å². The molecule has 0 fully saturated rings. The molecule has 0 amide bonds. The lowest BCUT2D eigenvalue weighted by molar-refractivity contribution is -0.161. The van der Waals surface area contributed by atoms with Crippen molar-refractivity contribution in [1.82, 2.24) is 0 Å². The second-order valence-corrected chi connectivity index (χ2v) is 23.1. The first-order valence-electron chi connectivity index (χ1n) is 32.1. The number of unbranched alkanes of at least 4 members (excludes halogenated alkanes) is 40. The first-order chi connectivity index (χ1) is 36.8. The Bertz CT molecular complexity index is 1370. The largest absolute Gasteiger partial charge is 0.472 e. The van der Waals surface area contributed by atoms with Gasteiger partial charge in [-0.1, -0.05) is 281 Å². The Morgan fingerprint density at radius 2 is 0.693 bits per heavy atom. The summed E-state index contributed by atoms with van der Waals surface area (Å²) in [6.07, 6.45) is 76.2. The van der Waals surface area contributed by atoms with Gasteiger partial charge in [-0.2, -0.15) is 0 Å². The monoisotopic (exact) mass is 1080 g/mol. The fraction of sp³-hybridized carbons (Fsp3) is 0.846. The minimum Gasteiger partial charge on any atom is -0.462 e. The Labute approximate surface area is 464 Å². The molecule has 0 radical (unpaired) electrons. The van der Waals surface area contributed by atoms with E-state index in [4.69, 9.17) is 24.3 Å². The molecule has 0 aromatic heterocycles. The van der Waals surface area contributed by atoms with E-state index in [1.54, 1.807) is 0 Å². The molecule has 0 saturated heterocycles. The quantitative estimate of drug-likeness (QED) is 0.0264. The number of carbonyl (C=O) groups is 2. The average molecular weight is 1080 g/mol. The SMILES string of the molecule is CCCCCCC/C=C\C/C=C\CCCCCCCCCCCCCCCCCCCCCCCC(=O)OC(COC(=O)CCCCCCCCCCC/C=C\C/C=C\CCCCCCC)COP(=O)(O)OCCN. The highest BCUT2D eigenvalue weighted by Crippen LogP contribution is 2.43. The van der Waals surface area contributed by atoms with Crippen molar-refractivity contribution in [3.05, 3.63) is 48.6 Å². The highest BCUT2D eigenvalue weighted by atomic mass is 31.2. The fourth-order valence-electron chi connectivity index (χ4n) is 9.41. The molecule has 0 spiro atoms. The highest BCUT2D eigenvalue weighted by molar-refractivity contribution is 7.47. The molecule has 0 aliphatic heterocycles. The molecule has 9 nitrogen and oxygen atoms in total. The number of ether oxygens (including phenoxy) is 2. The molecule has 0 aromatic carbocycles. The van der Waals surface area contributed by atoms with Gasteiger partial charge in [-0.25, -0.2) is 4.57 Å². The van der Waals surface area contributed by atoms with Crippen molar-refractivity contribution in [2.75, 3.05) is 26.4 Å². The maximum atomic E-state index is 12.7. The minimum absolute atomic E-state index is 0.0536. The fourth-order valence-corrected chi connectivity index (χ4v) is 10.2. The molecule has 10 heteroatoms. The lowest BCUT2D eigenvalue weighted by Crippen LogP contribution is -2.29. The summed E-state index contributed by atoms with van der Waals surface area (Å²) in [7, 11) is -4.39. The van der Waals surface area contributed by atoms with Gasteiger partial charge in [-0.3, -0.25) is 18.6 Å². The van der Waals surface area contributed by atoms with Crippen LogP contribution in [0.4, 0.5) is 0 Å². The van der Waals surface area contributed by atoms with Gasteiger partial charge >= 0.3 is 19.8 Å². The summed E-state index contributed by atoms with van der Waals surface area (Å²) in [4.78, 5) is 35.3. The summed E-state index contributed by atoms with van der Waals surface area (Å²) in [5, 5.41) is 0. The van der Waals surface area contributed by atoms with E-state index in [0.29, 0.717) is 6.42 Å². The molecular weight excluding hydrogens is 954 g/mol. The minimum atomic E-state index is -4.39. The van der Waals surface area contributed by atoms with E-state index in [-0.39, 0.29) is 38.6 Å². The molecule has 75 heavy (non-hydrogen) atoms. The summed E-state index contributed by atoms with van der Waals surface area (Å²) in [6, 6.07) is 0. The maximum Gasteiger partial charge on any atom is 0.472 e. The zero-order valence-corrected chi connectivity index (χ0v) is 50.2. The topological polar surface area (TPSA) is 134 Å². The number of nitrogens with two attached hydrogens (primary N) is 1. The Balaban J connectivity index is 3.86. The number of carbonyl (C=O) groups excluding carboxylic acids is 2. The van der Waals surface area contributed by atoms with Crippen molar-refractivity contribution >= 4 is 19.8 Å². The van der Waals surface area contributed by atoms with Crippen molar-refractivity contribution in [2.24, 2.45) is 5.73 Å². The van der Waals surface area contributed by atoms with Gasteiger partial charge < -0.3 is 20.1 Å². The summed E-state index contributed by atoms with van der Waals surface area (Å²) < 4.78 is 33.1. The van der Waals surface area contributed by atoms with E-state index in [1.165, 1.54) is 244 Å². The van der Waals surface area contributed by atoms with E-state index in [0.717, 1.165) is 44.9 Å². The predicted molar refractivity (Wildman–Crippen MR) is 321 cm³/mol. The van der Waals surface area contributed by atoms with Gasteiger partial charge in [-0.05, 0) is 77.0 Å². The normalized spacial score (nSPS) is 13.3. The maximum absolute atomic E-state index is 12.7. The Morgan fingerprint density at radius 3 is 1.01 bits per heavy atom. The van der Waals surface area contributed by atoms with Crippen LogP contribution in [0.25, 0.3) is 0 Å². The van der Waals surface area contributed by atoms with E-state index in [1.807, 2.05) is 0 Å². The number of phosphoric acid groups is 1. The van der Waals surface area contributed by atoms with Crippen LogP contribution in [-0.2, 0) is 32.7 Å². The lowest BCUT2D eigenvalue weighted by atomic mass is 10.0. The van der Waals surface area contributed by atoms with Gasteiger partial charge in [0, 0.05) is 19.4 Å². The summed E-state index contributed by atoms with van der Waals surface area (Å²) in [5.74, 6) is -0.818. The summed E-state index contributed by atoms with van der Waals surface area (Å²) >= 11 is 0. The second-order valence-electron chi connectivity index (χ2n) is 21.6. The first-order valence-corrected chi connectivity index (χ1v) is 33.6. The van der Waals surface area contributed by atoms with Crippen molar-refractivity contribution in [3.8, 4) is 0 Å². The molecule has 3 N–H and O–H groups in total. The molecule has 0 heterocycles. The molecule has 2 unspecified atom stereocenters. The molecule has 0 bridgehead atoms. The summed E-state index contributed by atoms with van der Waals surface area (Å²) in [5.41, 5.74) is 5.39. The van der Waals surface area contributed by atoms with E-state index < -0.39 is 26.5 Å². The van der Waals surface area contributed by atoms with Crippen LogP contribution in [0.15, 0.2) is 48.6 Å². The number of phosphoric ester groups is 1. The van der Waals surface area contributed by atoms with E-state index >= 15 is 0 Å². The van der Waals surface area contributed by atoms with Crippen LogP contribution < -0.4 is 5.73 Å². The number of rotatable bonds is 61. The zero-order valence-electron chi connectivity index (χ0n) is 49.3. The van der Waals surface area contributed by atoms with E-state index in [2.05, 4.69) is 62.5 Å². The number of allylic oxidation sites excluding steroid dienone is 8. The molecule has 440 valence electrons. The Hall–Kier alpha value is -2.03. The van der Waals surface area contributed by atoms with Crippen molar-refractivity contribution in [1.29, 1.82) is 0 Å². The van der Waals surface area contributed by atoms with Gasteiger partial charge in [0.2, 0.25) is 0 Å². The van der Waals surface area contributed by atoms with Crippen LogP contribution in [0.5, 0.6) is 0 Å². The Morgan fingerprint density at radius 1 is 0.400 bits per heavy atom. The third-order valence-electron chi connectivity index (χ3n) is 14.2.